The minimum Gasteiger partial charge on any atom is -0.434 e. The van der Waals surface area contributed by atoms with Crippen LogP contribution < -0.4 is 15.8 Å². The monoisotopic (exact) mass is 336 g/mol. The number of rotatable bonds is 8. The predicted molar refractivity (Wildman–Crippen MR) is 84.2 cm³/mol. The van der Waals surface area contributed by atoms with Crippen molar-refractivity contribution in [3.8, 4) is 5.75 Å². The molecule has 0 spiro atoms. The second-order valence-corrected chi connectivity index (χ2v) is 4.86. The molecular formula is C15H23ClF2N2O2. The summed E-state index contributed by atoms with van der Waals surface area (Å²) < 4.78 is 29.1. The van der Waals surface area contributed by atoms with E-state index < -0.39 is 12.0 Å². The van der Waals surface area contributed by atoms with Gasteiger partial charge in [-0.3, -0.25) is 4.79 Å². The van der Waals surface area contributed by atoms with Crippen LogP contribution in [0.1, 0.15) is 32.3 Å². The molecule has 0 atom stereocenters. The molecule has 1 aromatic rings. The van der Waals surface area contributed by atoms with Gasteiger partial charge in [-0.25, -0.2) is 0 Å². The Labute approximate surface area is 135 Å². The number of ether oxygens (including phenoxy) is 1. The molecule has 1 aromatic carbocycles. The van der Waals surface area contributed by atoms with Crippen molar-refractivity contribution < 1.29 is 18.3 Å². The van der Waals surface area contributed by atoms with Crippen LogP contribution in [0.4, 0.5) is 8.78 Å². The zero-order valence-corrected chi connectivity index (χ0v) is 13.6. The quantitative estimate of drug-likeness (QED) is 0.766. The third kappa shape index (κ3) is 5.10. The smallest absolute Gasteiger partial charge is 0.387 e. The van der Waals surface area contributed by atoms with Crippen LogP contribution in [0.3, 0.4) is 0 Å². The number of nitrogens with two attached hydrogens (primary N) is 1. The zero-order valence-electron chi connectivity index (χ0n) is 12.8. The molecule has 0 unspecified atom stereocenters. The lowest BCUT2D eigenvalue weighted by Crippen LogP contribution is -2.45. The van der Waals surface area contributed by atoms with Crippen LogP contribution >= 0.6 is 12.4 Å². The molecule has 126 valence electrons. The summed E-state index contributed by atoms with van der Waals surface area (Å²) in [6.07, 6.45) is 1.25. The summed E-state index contributed by atoms with van der Waals surface area (Å²) in [6.45, 7) is 1.30. The van der Waals surface area contributed by atoms with E-state index in [1.54, 1.807) is 18.2 Å². The Kier molecular flexibility index (Phi) is 8.97. The fraction of sp³-hybridized carbons (Fsp3) is 0.533. The number of para-hydroxylation sites is 1. The number of amides is 1. The topological polar surface area (TPSA) is 64.4 Å². The summed E-state index contributed by atoms with van der Waals surface area (Å²) >= 11 is 0. The van der Waals surface area contributed by atoms with Gasteiger partial charge in [-0.05, 0) is 18.9 Å². The lowest BCUT2D eigenvalue weighted by Gasteiger charge is -2.28. The first-order valence-corrected chi connectivity index (χ1v) is 7.00. The Morgan fingerprint density at radius 3 is 2.41 bits per heavy atom. The summed E-state index contributed by atoms with van der Waals surface area (Å²) in [5.74, 6) is -0.0963. The number of nitrogens with one attached hydrogen (secondary N) is 1. The maximum absolute atomic E-state index is 12.3. The first-order valence-electron chi connectivity index (χ1n) is 7.00. The first kappa shape index (κ1) is 20.6. The average Bonchev–Trinajstić information content (AvgIpc) is 2.48. The van der Waals surface area contributed by atoms with Gasteiger partial charge in [0.25, 0.3) is 0 Å². The van der Waals surface area contributed by atoms with Crippen molar-refractivity contribution in [3.63, 3.8) is 0 Å². The fourth-order valence-corrected chi connectivity index (χ4v) is 2.18. The van der Waals surface area contributed by atoms with Crippen LogP contribution in [-0.2, 0) is 11.3 Å². The van der Waals surface area contributed by atoms with E-state index in [0.717, 1.165) is 0 Å². The van der Waals surface area contributed by atoms with E-state index in [4.69, 9.17) is 5.73 Å². The van der Waals surface area contributed by atoms with E-state index in [-0.39, 0.29) is 37.2 Å². The summed E-state index contributed by atoms with van der Waals surface area (Å²) in [6, 6.07) is 6.39. The first-order chi connectivity index (χ1) is 9.99. The van der Waals surface area contributed by atoms with Gasteiger partial charge < -0.3 is 15.8 Å². The van der Waals surface area contributed by atoms with Crippen molar-refractivity contribution in [3.05, 3.63) is 29.8 Å². The van der Waals surface area contributed by atoms with Crippen LogP contribution in [0.25, 0.3) is 0 Å². The summed E-state index contributed by atoms with van der Waals surface area (Å²) in [7, 11) is 0. The van der Waals surface area contributed by atoms with Gasteiger partial charge in [0.1, 0.15) is 5.75 Å². The molecule has 0 saturated carbocycles. The third-order valence-electron chi connectivity index (χ3n) is 3.85. The van der Waals surface area contributed by atoms with Crippen molar-refractivity contribution in [1.29, 1.82) is 0 Å². The lowest BCUT2D eigenvalue weighted by atomic mass is 9.81. The molecule has 22 heavy (non-hydrogen) atoms. The maximum atomic E-state index is 12.3. The Balaban J connectivity index is 0.00000441. The molecule has 3 N–H and O–H groups in total. The Hall–Kier alpha value is -1.40. The molecule has 1 rings (SSSR count). The molecule has 0 aliphatic heterocycles. The van der Waals surface area contributed by atoms with E-state index in [0.29, 0.717) is 18.4 Å². The number of halogens is 3. The SMILES string of the molecule is CCC(CC)(CN)C(=O)NCc1ccccc1OC(F)F.Cl. The van der Waals surface area contributed by atoms with Gasteiger partial charge in [0.2, 0.25) is 5.91 Å². The highest BCUT2D eigenvalue weighted by Gasteiger charge is 2.33. The molecule has 0 fully saturated rings. The fourth-order valence-electron chi connectivity index (χ4n) is 2.18. The Morgan fingerprint density at radius 1 is 1.32 bits per heavy atom. The van der Waals surface area contributed by atoms with E-state index >= 15 is 0 Å². The van der Waals surface area contributed by atoms with Gasteiger partial charge in [0.15, 0.2) is 0 Å². The molecule has 1 amide bonds. The van der Waals surface area contributed by atoms with Crippen LogP contribution in [0.5, 0.6) is 5.75 Å². The van der Waals surface area contributed by atoms with E-state index in [1.807, 2.05) is 13.8 Å². The van der Waals surface area contributed by atoms with Crippen LogP contribution in [-0.4, -0.2) is 19.1 Å². The molecule has 4 nitrogen and oxygen atoms in total. The normalized spacial score (nSPS) is 11.0. The van der Waals surface area contributed by atoms with Gasteiger partial charge in [0.05, 0.1) is 5.41 Å². The largest absolute Gasteiger partial charge is 0.434 e. The zero-order chi connectivity index (χ0) is 15.9. The van der Waals surface area contributed by atoms with Crippen molar-refractivity contribution in [1.82, 2.24) is 5.32 Å². The molecule has 0 radical (unpaired) electrons. The van der Waals surface area contributed by atoms with Crippen molar-refractivity contribution in [2.45, 2.75) is 39.8 Å². The number of benzene rings is 1. The number of carbonyl (C=O) groups excluding carboxylic acids is 1. The summed E-state index contributed by atoms with van der Waals surface area (Å²) in [5, 5.41) is 2.76. The summed E-state index contributed by atoms with van der Waals surface area (Å²) in [5.41, 5.74) is 5.60. The van der Waals surface area contributed by atoms with Gasteiger partial charge in [-0.2, -0.15) is 8.78 Å². The predicted octanol–water partition coefficient (Wildman–Crippen LogP) is 3.09. The highest BCUT2D eigenvalue weighted by Crippen LogP contribution is 2.26. The average molecular weight is 337 g/mol. The lowest BCUT2D eigenvalue weighted by molar-refractivity contribution is -0.131. The summed E-state index contributed by atoms with van der Waals surface area (Å²) in [4.78, 5) is 12.3. The number of hydrogen-bond acceptors (Lipinski definition) is 3. The minimum atomic E-state index is -2.89. The van der Waals surface area contributed by atoms with E-state index in [9.17, 15) is 13.6 Å². The molecule has 0 aliphatic rings. The van der Waals surface area contributed by atoms with Gasteiger partial charge in [-0.1, -0.05) is 32.0 Å². The van der Waals surface area contributed by atoms with Crippen molar-refractivity contribution in [2.75, 3.05) is 6.54 Å². The minimum absolute atomic E-state index is 0. The van der Waals surface area contributed by atoms with Gasteiger partial charge >= 0.3 is 6.61 Å². The van der Waals surface area contributed by atoms with Crippen molar-refractivity contribution in [2.24, 2.45) is 11.1 Å². The highest BCUT2D eigenvalue weighted by molar-refractivity contribution is 5.85. The van der Waals surface area contributed by atoms with E-state index in [1.165, 1.54) is 6.07 Å². The Morgan fingerprint density at radius 2 is 1.91 bits per heavy atom. The van der Waals surface area contributed by atoms with Gasteiger partial charge in [-0.15, -0.1) is 12.4 Å². The third-order valence-corrected chi connectivity index (χ3v) is 3.85. The van der Waals surface area contributed by atoms with Crippen molar-refractivity contribution >= 4 is 18.3 Å². The molecule has 0 saturated heterocycles. The molecule has 0 heterocycles. The Bertz CT molecular complexity index is 460. The number of hydrogen-bond donors (Lipinski definition) is 2. The molecule has 0 aromatic heterocycles. The molecule has 0 aliphatic carbocycles. The molecular weight excluding hydrogens is 314 g/mol. The van der Waals surface area contributed by atoms with Crippen LogP contribution in [0.2, 0.25) is 0 Å². The number of alkyl halides is 2. The maximum Gasteiger partial charge on any atom is 0.387 e. The second-order valence-electron chi connectivity index (χ2n) is 4.86. The van der Waals surface area contributed by atoms with E-state index in [2.05, 4.69) is 10.1 Å². The molecule has 7 heteroatoms. The van der Waals surface area contributed by atoms with Gasteiger partial charge in [0, 0.05) is 18.7 Å². The van der Waals surface area contributed by atoms with Crippen LogP contribution in [0, 0.1) is 5.41 Å². The van der Waals surface area contributed by atoms with Crippen LogP contribution in [0.15, 0.2) is 24.3 Å². The highest BCUT2D eigenvalue weighted by atomic mass is 35.5. The number of carbonyl (C=O) groups is 1. The molecule has 0 bridgehead atoms. The standard InChI is InChI=1S/C15H22F2N2O2.ClH/c1-3-15(4-2,10-18)13(20)19-9-11-7-5-6-8-12(11)21-14(16)17;/h5-8,14H,3-4,9-10,18H2,1-2H3,(H,19,20);1H. The second kappa shape index (κ2) is 9.58.